The fourth-order valence-electron chi connectivity index (χ4n) is 4.37. The van der Waals surface area contributed by atoms with Gasteiger partial charge in [-0.05, 0) is 54.7 Å². The van der Waals surface area contributed by atoms with E-state index in [-0.39, 0.29) is 30.4 Å². The minimum Gasteiger partial charge on any atom is -0.395 e. The van der Waals surface area contributed by atoms with Crippen LogP contribution in [-0.2, 0) is 16.6 Å². The van der Waals surface area contributed by atoms with Crippen molar-refractivity contribution >= 4 is 34.1 Å². The Morgan fingerprint density at radius 2 is 2.03 bits per heavy atom. The van der Waals surface area contributed by atoms with E-state index in [9.17, 15) is 14.7 Å². The lowest BCUT2D eigenvalue weighted by Crippen LogP contribution is -2.37. The first-order valence-electron chi connectivity index (χ1n) is 11.5. The Morgan fingerprint density at radius 1 is 1.18 bits per heavy atom. The number of hydrogen-bond donors (Lipinski definition) is 3. The van der Waals surface area contributed by atoms with Crippen molar-refractivity contribution in [3.05, 3.63) is 58.5 Å². The van der Waals surface area contributed by atoms with Gasteiger partial charge in [0.05, 0.1) is 18.8 Å². The van der Waals surface area contributed by atoms with Crippen LogP contribution in [0, 0.1) is 0 Å². The summed E-state index contributed by atoms with van der Waals surface area (Å²) in [7, 11) is 0. The highest BCUT2D eigenvalue weighted by atomic mass is 32.1. The number of aliphatic hydroxyl groups is 1. The number of hydrogen-bond acceptors (Lipinski definition) is 7. The predicted molar refractivity (Wildman–Crippen MR) is 132 cm³/mol. The van der Waals surface area contributed by atoms with Crippen molar-refractivity contribution in [2.75, 3.05) is 36.5 Å². The van der Waals surface area contributed by atoms with Crippen LogP contribution in [0.5, 0.6) is 0 Å². The Hall–Kier alpha value is -3.30. The zero-order valence-electron chi connectivity index (χ0n) is 19.0. The van der Waals surface area contributed by atoms with Crippen LogP contribution in [0.4, 0.5) is 10.9 Å². The minimum absolute atomic E-state index is 0.0430. The van der Waals surface area contributed by atoms with Crippen molar-refractivity contribution in [3.63, 3.8) is 0 Å². The number of anilines is 2. The van der Waals surface area contributed by atoms with Crippen LogP contribution in [0.2, 0.25) is 0 Å². The highest BCUT2D eigenvalue weighted by molar-refractivity contribution is 7.14. The Kier molecular flexibility index (Phi) is 6.05. The van der Waals surface area contributed by atoms with E-state index in [0.717, 1.165) is 48.6 Å². The summed E-state index contributed by atoms with van der Waals surface area (Å²) in [5, 5.41) is 17.5. The van der Waals surface area contributed by atoms with E-state index >= 15 is 0 Å². The highest BCUT2D eigenvalue weighted by Crippen LogP contribution is 2.38. The Labute approximate surface area is 202 Å². The number of aryl methyl sites for hydroxylation is 1. The Morgan fingerprint density at radius 3 is 2.79 bits per heavy atom. The van der Waals surface area contributed by atoms with E-state index in [1.807, 2.05) is 42.6 Å². The van der Waals surface area contributed by atoms with Crippen molar-refractivity contribution in [2.45, 2.75) is 31.6 Å². The van der Waals surface area contributed by atoms with E-state index in [2.05, 4.69) is 25.5 Å². The number of carbonyl (C=O) groups is 2. The maximum Gasteiger partial charge on any atom is 0.251 e. The van der Waals surface area contributed by atoms with Gasteiger partial charge in [-0.15, -0.1) is 11.3 Å². The predicted octanol–water partition coefficient (Wildman–Crippen LogP) is 2.98. The molecule has 3 aromatic rings. The molecule has 1 aliphatic carbocycles. The molecule has 2 aliphatic rings. The number of nitrogens with zero attached hydrogens (tertiary/aromatic N) is 3. The molecule has 5 rings (SSSR count). The summed E-state index contributed by atoms with van der Waals surface area (Å²) in [4.78, 5) is 36.4. The van der Waals surface area contributed by atoms with Gasteiger partial charge in [0.15, 0.2) is 5.13 Å². The molecule has 2 aromatic heterocycles. The van der Waals surface area contributed by atoms with Crippen molar-refractivity contribution in [3.8, 4) is 11.4 Å². The molecule has 0 unspecified atom stereocenters. The second-order valence-corrected chi connectivity index (χ2v) is 9.94. The topological polar surface area (TPSA) is 107 Å². The van der Waals surface area contributed by atoms with Gasteiger partial charge < -0.3 is 20.6 Å². The number of carbonyl (C=O) groups excluding carboxylic acids is 2. The van der Waals surface area contributed by atoms with Gasteiger partial charge in [-0.2, -0.15) is 0 Å². The molecule has 3 N–H and O–H groups in total. The second-order valence-electron chi connectivity index (χ2n) is 9.08. The number of thiazole rings is 1. The third-order valence-electron chi connectivity index (χ3n) is 6.65. The van der Waals surface area contributed by atoms with Gasteiger partial charge in [-0.25, -0.2) is 9.97 Å². The van der Waals surface area contributed by atoms with Gasteiger partial charge in [-0.1, -0.05) is 19.1 Å². The highest BCUT2D eigenvalue weighted by Gasteiger charge is 2.34. The number of pyridine rings is 1. The average molecular weight is 478 g/mol. The van der Waals surface area contributed by atoms with Crippen molar-refractivity contribution in [1.29, 1.82) is 0 Å². The molecule has 0 spiro atoms. The molecule has 1 aliphatic heterocycles. The van der Waals surface area contributed by atoms with E-state index < -0.39 is 0 Å². The lowest BCUT2D eigenvalue weighted by atomic mass is 9.84. The second kappa shape index (κ2) is 9.15. The largest absolute Gasteiger partial charge is 0.395 e. The normalized spacial score (nSPS) is 18.8. The summed E-state index contributed by atoms with van der Waals surface area (Å²) in [6.07, 6.45) is 2.94. The smallest absolute Gasteiger partial charge is 0.251 e. The number of nitrogens with one attached hydrogen (secondary N) is 2. The fraction of sp³-hybridized carbons (Fsp3) is 0.360. The van der Waals surface area contributed by atoms with Crippen LogP contribution < -0.4 is 15.5 Å². The number of aliphatic hydroxyl groups excluding tert-OH is 1. The van der Waals surface area contributed by atoms with Crippen LogP contribution >= 0.6 is 11.3 Å². The van der Waals surface area contributed by atoms with Crippen LogP contribution in [0.15, 0.2) is 41.8 Å². The van der Waals surface area contributed by atoms with E-state index in [0.29, 0.717) is 16.4 Å². The first-order chi connectivity index (χ1) is 16.4. The van der Waals surface area contributed by atoms with Crippen molar-refractivity contribution in [1.82, 2.24) is 15.3 Å². The number of amides is 2. The van der Waals surface area contributed by atoms with Crippen LogP contribution in [0.3, 0.4) is 0 Å². The molecule has 1 aromatic carbocycles. The van der Waals surface area contributed by atoms with Gasteiger partial charge in [-0.3, -0.25) is 9.59 Å². The molecule has 2 amide bonds. The summed E-state index contributed by atoms with van der Waals surface area (Å²) >= 11 is 1.32. The van der Waals surface area contributed by atoms with Crippen LogP contribution in [0.25, 0.3) is 11.4 Å². The molecule has 1 fully saturated rings. The molecular formula is C25H27N5O3S. The molecule has 0 radical (unpaired) electrons. The quantitative estimate of drug-likeness (QED) is 0.483. The molecule has 8 nitrogen and oxygen atoms in total. The number of aromatic nitrogens is 2. The first kappa shape index (κ1) is 22.5. The molecule has 0 bridgehead atoms. The molecule has 34 heavy (non-hydrogen) atoms. The zero-order chi connectivity index (χ0) is 23.7. The van der Waals surface area contributed by atoms with Gasteiger partial charge in [0, 0.05) is 29.4 Å². The maximum atomic E-state index is 12.6. The first-order valence-corrected chi connectivity index (χ1v) is 12.3. The third-order valence-corrected chi connectivity index (χ3v) is 7.41. The minimum atomic E-state index is -0.349. The Bertz CT molecular complexity index is 1240. The molecule has 0 saturated carbocycles. The molecule has 1 saturated heterocycles. The summed E-state index contributed by atoms with van der Waals surface area (Å²) < 4.78 is 0. The van der Waals surface area contributed by atoms with Crippen LogP contribution in [-0.4, -0.2) is 53.1 Å². The standard InChI is InChI=1S/C25H27N5O3S/c1-25(15-31)9-8-16-6-7-17(12-18(16)25)23(33)26-13-22(32)29-24-28-20(14-34-24)19-4-2-5-21(27-19)30-10-3-11-30/h2,4-7,12,14,31H,3,8-11,13,15H2,1H3,(H,26,33)(H,28,29,32)/t25-/m0/s1. The summed E-state index contributed by atoms with van der Waals surface area (Å²) in [5.41, 5.74) is 3.80. The van der Waals surface area contributed by atoms with Gasteiger partial charge in [0.1, 0.15) is 11.5 Å². The number of fused-ring (bicyclic) bond motifs is 1. The summed E-state index contributed by atoms with van der Waals surface area (Å²) in [6, 6.07) is 11.4. The molecule has 1 atom stereocenters. The van der Waals surface area contributed by atoms with E-state index in [1.165, 1.54) is 17.8 Å². The maximum absolute atomic E-state index is 12.6. The number of benzene rings is 1. The van der Waals surface area contributed by atoms with Crippen molar-refractivity contribution < 1.29 is 14.7 Å². The SMILES string of the molecule is C[C@@]1(CO)CCc2ccc(C(=O)NCC(=O)Nc3nc(-c4cccc(N5CCC5)n4)cs3)cc21. The number of rotatable bonds is 7. The van der Waals surface area contributed by atoms with Gasteiger partial charge >= 0.3 is 0 Å². The monoisotopic (exact) mass is 477 g/mol. The summed E-state index contributed by atoms with van der Waals surface area (Å²) in [6.45, 7) is 3.93. The van der Waals surface area contributed by atoms with Gasteiger partial charge in [0.25, 0.3) is 5.91 Å². The van der Waals surface area contributed by atoms with E-state index in [4.69, 9.17) is 0 Å². The summed E-state index contributed by atoms with van der Waals surface area (Å²) in [5.74, 6) is 0.269. The van der Waals surface area contributed by atoms with Crippen LogP contribution in [0.1, 0.15) is 41.3 Å². The van der Waals surface area contributed by atoms with Gasteiger partial charge in [0.2, 0.25) is 5.91 Å². The lowest BCUT2D eigenvalue weighted by molar-refractivity contribution is -0.115. The zero-order valence-corrected chi connectivity index (χ0v) is 19.8. The van der Waals surface area contributed by atoms with E-state index in [1.54, 1.807) is 6.07 Å². The molecule has 3 heterocycles. The fourth-order valence-corrected chi connectivity index (χ4v) is 5.09. The Balaban J connectivity index is 1.18. The molecular weight excluding hydrogens is 450 g/mol. The molecule has 176 valence electrons. The lowest BCUT2D eigenvalue weighted by Gasteiger charge is -2.32. The third kappa shape index (κ3) is 4.41. The van der Waals surface area contributed by atoms with Crippen molar-refractivity contribution in [2.24, 2.45) is 0 Å². The average Bonchev–Trinajstić information content (AvgIpc) is 3.41. The molecule has 9 heteroatoms.